The lowest BCUT2D eigenvalue weighted by atomic mass is 9.63. The number of H-pyrrole nitrogens is 1. The van der Waals surface area contributed by atoms with Crippen molar-refractivity contribution in [2.45, 2.75) is 43.4 Å². The molecule has 1 atom stereocenters. The molecule has 0 spiro atoms. The molecule has 1 aliphatic heterocycles. The maximum atomic E-state index is 14.4. The van der Waals surface area contributed by atoms with E-state index < -0.39 is 17.0 Å². The molecule has 1 aromatic carbocycles. The summed E-state index contributed by atoms with van der Waals surface area (Å²) in [5.74, 6) is -0.699. The summed E-state index contributed by atoms with van der Waals surface area (Å²) in [4.78, 5) is 15.0. The monoisotopic (exact) mass is 347 g/mol. The molecule has 2 aliphatic rings. The van der Waals surface area contributed by atoms with Crippen molar-refractivity contribution in [3.05, 3.63) is 41.2 Å². The van der Waals surface area contributed by atoms with Crippen LogP contribution in [0.2, 0.25) is 0 Å². The maximum absolute atomic E-state index is 14.4. The van der Waals surface area contributed by atoms with Crippen LogP contribution in [0.25, 0.3) is 0 Å². The van der Waals surface area contributed by atoms with E-state index in [0.29, 0.717) is 37.3 Å². The highest BCUT2D eigenvalue weighted by atomic mass is 19.1. The number of rotatable bonds is 3. The highest BCUT2D eigenvalue weighted by Gasteiger charge is 2.49. The molecule has 1 aliphatic carbocycles. The predicted molar refractivity (Wildman–Crippen MR) is 84.6 cm³/mol. The quantitative estimate of drug-likeness (QED) is 0.924. The summed E-state index contributed by atoms with van der Waals surface area (Å²) in [5.41, 5.74) is -0.552. The minimum absolute atomic E-state index is 0.0339. The number of likely N-dealkylation sites (tertiary alicyclic amines) is 1. The molecule has 1 saturated carbocycles. The third-order valence-corrected chi connectivity index (χ3v) is 5.50. The zero-order valence-electron chi connectivity index (χ0n) is 13.7. The Morgan fingerprint density at radius 3 is 2.76 bits per heavy atom. The summed E-state index contributed by atoms with van der Waals surface area (Å²) in [6.45, 7) is 1.14. The van der Waals surface area contributed by atoms with Crippen molar-refractivity contribution in [3.63, 3.8) is 0 Å². The molecule has 0 radical (unpaired) electrons. The summed E-state index contributed by atoms with van der Waals surface area (Å²) in [6, 6.07) is 3.51. The lowest BCUT2D eigenvalue weighted by molar-refractivity contribution is -0.142. The Hall–Kier alpha value is -2.38. The van der Waals surface area contributed by atoms with E-state index in [1.54, 1.807) is 4.90 Å². The van der Waals surface area contributed by atoms with E-state index >= 15 is 0 Å². The Labute approximate surface area is 143 Å². The van der Waals surface area contributed by atoms with Crippen LogP contribution in [0.4, 0.5) is 8.78 Å². The van der Waals surface area contributed by atoms with Crippen molar-refractivity contribution in [1.82, 2.24) is 25.5 Å². The van der Waals surface area contributed by atoms with Crippen LogP contribution in [-0.4, -0.2) is 44.5 Å². The smallest absolute Gasteiger partial charge is 0.233 e. The van der Waals surface area contributed by atoms with Crippen LogP contribution in [-0.2, 0) is 10.2 Å². The Kier molecular flexibility index (Phi) is 3.97. The van der Waals surface area contributed by atoms with Crippen molar-refractivity contribution >= 4 is 5.91 Å². The summed E-state index contributed by atoms with van der Waals surface area (Å²) in [7, 11) is 0. The Balaban J connectivity index is 1.60. The highest BCUT2D eigenvalue weighted by Crippen LogP contribution is 2.47. The van der Waals surface area contributed by atoms with Gasteiger partial charge in [-0.25, -0.2) is 8.78 Å². The number of amides is 1. The number of halogens is 2. The van der Waals surface area contributed by atoms with Crippen LogP contribution in [0, 0.1) is 11.6 Å². The molecule has 1 N–H and O–H groups in total. The number of tetrazole rings is 1. The summed E-state index contributed by atoms with van der Waals surface area (Å²) in [5, 5.41) is 14.1. The Bertz CT molecular complexity index is 775. The molecule has 1 aromatic heterocycles. The topological polar surface area (TPSA) is 74.8 Å². The van der Waals surface area contributed by atoms with Gasteiger partial charge in [0.1, 0.15) is 11.6 Å². The SMILES string of the molecule is O=C(N1CCCC(c2nn[nH]n2)C1)C1(c2ccc(F)cc2F)CCC1. The Morgan fingerprint density at radius 1 is 1.28 bits per heavy atom. The van der Waals surface area contributed by atoms with Gasteiger partial charge in [-0.15, -0.1) is 10.2 Å². The van der Waals surface area contributed by atoms with Gasteiger partial charge in [-0.2, -0.15) is 5.21 Å². The van der Waals surface area contributed by atoms with Crippen LogP contribution in [0.5, 0.6) is 0 Å². The van der Waals surface area contributed by atoms with E-state index in [-0.39, 0.29) is 11.8 Å². The first-order chi connectivity index (χ1) is 12.1. The van der Waals surface area contributed by atoms with Gasteiger partial charge in [0.25, 0.3) is 0 Å². The average Bonchev–Trinajstić information content (AvgIpc) is 3.10. The summed E-state index contributed by atoms with van der Waals surface area (Å²) in [6.07, 6.45) is 3.79. The fourth-order valence-electron chi connectivity index (χ4n) is 4.02. The first-order valence-corrected chi connectivity index (χ1v) is 8.58. The molecular weight excluding hydrogens is 328 g/mol. The van der Waals surface area contributed by atoms with E-state index in [0.717, 1.165) is 25.3 Å². The molecule has 8 heteroatoms. The molecule has 1 amide bonds. The molecule has 6 nitrogen and oxygen atoms in total. The summed E-state index contributed by atoms with van der Waals surface area (Å²) < 4.78 is 27.6. The molecule has 2 aromatic rings. The lowest BCUT2D eigenvalue weighted by Crippen LogP contribution is -2.53. The molecule has 4 rings (SSSR count). The van der Waals surface area contributed by atoms with Gasteiger partial charge in [0.15, 0.2) is 5.82 Å². The second-order valence-corrected chi connectivity index (χ2v) is 6.92. The van der Waals surface area contributed by atoms with Gasteiger partial charge in [0.2, 0.25) is 5.91 Å². The van der Waals surface area contributed by atoms with E-state index in [1.165, 1.54) is 12.1 Å². The van der Waals surface area contributed by atoms with Crippen LogP contribution >= 0.6 is 0 Å². The van der Waals surface area contributed by atoms with E-state index in [9.17, 15) is 13.6 Å². The van der Waals surface area contributed by atoms with E-state index in [1.807, 2.05) is 0 Å². The molecule has 1 saturated heterocycles. The normalized spacial score (nSPS) is 22.5. The van der Waals surface area contributed by atoms with Gasteiger partial charge in [-0.3, -0.25) is 4.79 Å². The van der Waals surface area contributed by atoms with E-state index in [4.69, 9.17) is 0 Å². The largest absolute Gasteiger partial charge is 0.341 e. The zero-order chi connectivity index (χ0) is 17.4. The van der Waals surface area contributed by atoms with Crippen LogP contribution < -0.4 is 0 Å². The summed E-state index contributed by atoms with van der Waals surface area (Å²) >= 11 is 0. The van der Waals surface area contributed by atoms with Crippen molar-refractivity contribution in [3.8, 4) is 0 Å². The fraction of sp³-hybridized carbons (Fsp3) is 0.529. The van der Waals surface area contributed by atoms with Crippen LogP contribution in [0.1, 0.15) is 49.4 Å². The second kappa shape index (κ2) is 6.16. The minimum atomic E-state index is -0.864. The number of hydrogen-bond donors (Lipinski definition) is 1. The number of aromatic nitrogens is 4. The van der Waals surface area contributed by atoms with E-state index in [2.05, 4.69) is 20.6 Å². The maximum Gasteiger partial charge on any atom is 0.233 e. The highest BCUT2D eigenvalue weighted by molar-refractivity contribution is 5.89. The van der Waals surface area contributed by atoms with Gasteiger partial charge < -0.3 is 4.90 Å². The van der Waals surface area contributed by atoms with Gasteiger partial charge in [-0.05, 0) is 31.7 Å². The fourth-order valence-corrected chi connectivity index (χ4v) is 4.02. The number of aromatic amines is 1. The minimum Gasteiger partial charge on any atom is -0.341 e. The number of carbonyl (C=O) groups is 1. The standard InChI is InChI=1S/C17H19F2N5O/c18-12-4-5-13(14(19)9-12)17(6-2-7-17)16(25)24-8-1-3-11(10-24)15-20-22-23-21-15/h4-5,9,11H,1-3,6-8,10H2,(H,20,21,22,23). The van der Waals surface area contributed by atoms with Crippen LogP contribution in [0.15, 0.2) is 18.2 Å². The molecule has 25 heavy (non-hydrogen) atoms. The first kappa shape index (κ1) is 16.1. The average molecular weight is 347 g/mol. The number of carbonyl (C=O) groups excluding carboxylic acids is 1. The second-order valence-electron chi connectivity index (χ2n) is 6.92. The molecule has 1 unspecified atom stereocenters. The molecule has 0 bridgehead atoms. The van der Waals surface area contributed by atoms with Gasteiger partial charge >= 0.3 is 0 Å². The lowest BCUT2D eigenvalue weighted by Gasteiger charge is -2.45. The number of piperidine rings is 1. The van der Waals surface area contributed by atoms with Gasteiger partial charge in [0, 0.05) is 30.6 Å². The van der Waals surface area contributed by atoms with Crippen molar-refractivity contribution in [2.24, 2.45) is 0 Å². The number of nitrogens with one attached hydrogen (secondary N) is 1. The van der Waals surface area contributed by atoms with Gasteiger partial charge in [0.05, 0.1) is 5.41 Å². The number of nitrogens with zero attached hydrogens (tertiary/aromatic N) is 4. The third-order valence-electron chi connectivity index (χ3n) is 5.50. The predicted octanol–water partition coefficient (Wildman–Crippen LogP) is 2.31. The number of hydrogen-bond acceptors (Lipinski definition) is 4. The third kappa shape index (κ3) is 2.69. The molecule has 2 fully saturated rings. The van der Waals surface area contributed by atoms with Crippen LogP contribution in [0.3, 0.4) is 0 Å². The van der Waals surface area contributed by atoms with Crippen molar-refractivity contribution in [2.75, 3.05) is 13.1 Å². The molecule has 2 heterocycles. The Morgan fingerprint density at radius 2 is 2.12 bits per heavy atom. The molecule has 132 valence electrons. The van der Waals surface area contributed by atoms with Crippen molar-refractivity contribution < 1.29 is 13.6 Å². The van der Waals surface area contributed by atoms with Crippen molar-refractivity contribution in [1.29, 1.82) is 0 Å². The van der Waals surface area contributed by atoms with Gasteiger partial charge in [-0.1, -0.05) is 17.7 Å². The number of benzene rings is 1. The molecular formula is C17H19F2N5O. The zero-order valence-corrected chi connectivity index (χ0v) is 13.7. The first-order valence-electron chi connectivity index (χ1n) is 8.58.